The molecule has 6 heteroatoms. The molecule has 178 valence electrons. The van der Waals surface area contributed by atoms with Crippen LogP contribution in [0.25, 0.3) is 0 Å². The van der Waals surface area contributed by atoms with Crippen molar-refractivity contribution in [3.05, 3.63) is 53.5 Å². The van der Waals surface area contributed by atoms with Gasteiger partial charge in [0.1, 0.15) is 0 Å². The summed E-state index contributed by atoms with van der Waals surface area (Å²) in [4.78, 5) is 18.7. The molecule has 33 heavy (non-hydrogen) atoms. The van der Waals surface area contributed by atoms with Crippen molar-refractivity contribution < 1.29 is 9.18 Å². The molecule has 0 radical (unpaired) electrons. The zero-order chi connectivity index (χ0) is 23.4. The van der Waals surface area contributed by atoms with E-state index in [1.54, 1.807) is 12.3 Å². The van der Waals surface area contributed by atoms with Crippen LogP contribution in [0.3, 0.4) is 0 Å². The summed E-state index contributed by atoms with van der Waals surface area (Å²) in [6.45, 7) is 8.68. The molecule has 3 unspecified atom stereocenters. The normalized spacial score (nSPS) is 22.8. The standard InChI is InChI=1S/C27H37FN4O/c1-4-13-29-26-25(28)24(11-14-30-26)32-15-12-21(17-32)6-5-20-7-9-22(10-8-20)19(3)27(33)31-23-16-18(23)2/h7-11,14,18-19,21,23H,4-6,12-13,15-17H2,1-3H3,(H,29,30)(H,31,33)/t18?,19?,21-,23?/m1/s1. The van der Waals surface area contributed by atoms with Crippen LogP contribution in [0.5, 0.6) is 0 Å². The lowest BCUT2D eigenvalue weighted by atomic mass is 9.95. The van der Waals surface area contributed by atoms with Crippen LogP contribution in [-0.4, -0.2) is 36.6 Å². The average Bonchev–Trinajstić information content (AvgIpc) is 3.31. The molecule has 2 aliphatic rings. The third-order valence-corrected chi connectivity index (χ3v) is 7.19. The van der Waals surface area contributed by atoms with E-state index in [1.165, 1.54) is 5.56 Å². The molecule has 2 heterocycles. The number of benzene rings is 1. The lowest BCUT2D eigenvalue weighted by molar-refractivity contribution is -0.122. The van der Waals surface area contributed by atoms with Gasteiger partial charge in [-0.15, -0.1) is 0 Å². The summed E-state index contributed by atoms with van der Waals surface area (Å²) >= 11 is 0. The van der Waals surface area contributed by atoms with E-state index < -0.39 is 0 Å². The van der Waals surface area contributed by atoms with E-state index in [9.17, 15) is 9.18 Å². The Kier molecular flexibility index (Phi) is 7.51. The SMILES string of the molecule is CCCNc1nccc(N2CC[C@@H](CCc3ccc(C(C)C(=O)NC4CC4C)cc3)C2)c1F. The van der Waals surface area contributed by atoms with E-state index in [0.29, 0.717) is 29.4 Å². The second-order valence-corrected chi connectivity index (χ2v) is 9.85. The molecule has 4 atom stereocenters. The Bertz CT molecular complexity index is 948. The molecular weight excluding hydrogens is 415 g/mol. The van der Waals surface area contributed by atoms with Gasteiger partial charge >= 0.3 is 0 Å². The van der Waals surface area contributed by atoms with Crippen molar-refractivity contribution in [2.24, 2.45) is 11.8 Å². The van der Waals surface area contributed by atoms with Crippen LogP contribution in [0.4, 0.5) is 15.9 Å². The maximum absolute atomic E-state index is 14.9. The van der Waals surface area contributed by atoms with E-state index in [4.69, 9.17) is 0 Å². The molecule has 1 aliphatic carbocycles. The first-order valence-electron chi connectivity index (χ1n) is 12.5. The minimum absolute atomic E-state index is 0.123. The minimum atomic E-state index is -0.239. The number of amides is 1. The summed E-state index contributed by atoms with van der Waals surface area (Å²) in [5.74, 6) is 1.28. The zero-order valence-corrected chi connectivity index (χ0v) is 20.1. The highest BCUT2D eigenvalue weighted by Gasteiger charge is 2.35. The number of hydrogen-bond acceptors (Lipinski definition) is 4. The lowest BCUT2D eigenvalue weighted by Gasteiger charge is -2.20. The monoisotopic (exact) mass is 452 g/mol. The van der Waals surface area contributed by atoms with E-state index in [1.807, 2.05) is 6.92 Å². The van der Waals surface area contributed by atoms with Gasteiger partial charge in [-0.25, -0.2) is 9.37 Å². The fourth-order valence-corrected chi connectivity index (χ4v) is 4.66. The fraction of sp³-hybridized carbons (Fsp3) is 0.556. The average molecular weight is 453 g/mol. The number of anilines is 2. The van der Waals surface area contributed by atoms with Crippen LogP contribution in [0, 0.1) is 17.7 Å². The number of nitrogens with one attached hydrogen (secondary N) is 2. The van der Waals surface area contributed by atoms with Crippen LogP contribution < -0.4 is 15.5 Å². The number of aromatic nitrogens is 1. The third-order valence-electron chi connectivity index (χ3n) is 7.19. The van der Waals surface area contributed by atoms with Crippen LogP contribution in [0.2, 0.25) is 0 Å². The number of pyridine rings is 1. The van der Waals surface area contributed by atoms with Crippen molar-refractivity contribution in [2.75, 3.05) is 29.9 Å². The van der Waals surface area contributed by atoms with Crippen LogP contribution in [0.1, 0.15) is 63.5 Å². The second kappa shape index (κ2) is 10.5. The first-order chi connectivity index (χ1) is 16.0. The van der Waals surface area contributed by atoms with Gasteiger partial charge in [0.2, 0.25) is 5.91 Å². The van der Waals surface area contributed by atoms with Gasteiger partial charge in [0.15, 0.2) is 11.6 Å². The summed E-state index contributed by atoms with van der Waals surface area (Å²) < 4.78 is 14.9. The topological polar surface area (TPSA) is 57.3 Å². The Morgan fingerprint density at radius 2 is 2.03 bits per heavy atom. The highest BCUT2D eigenvalue weighted by molar-refractivity contribution is 5.83. The fourth-order valence-electron chi connectivity index (χ4n) is 4.66. The Balaban J connectivity index is 1.27. The number of carbonyl (C=O) groups excluding carboxylic acids is 1. The van der Waals surface area contributed by atoms with Crippen molar-refractivity contribution in [1.82, 2.24) is 10.3 Å². The molecule has 2 fully saturated rings. The van der Waals surface area contributed by atoms with Crippen molar-refractivity contribution in [1.29, 1.82) is 0 Å². The number of carbonyl (C=O) groups is 1. The molecule has 1 saturated heterocycles. The first-order valence-corrected chi connectivity index (χ1v) is 12.5. The third kappa shape index (κ3) is 5.84. The Labute approximate surface area is 197 Å². The molecule has 0 spiro atoms. The minimum Gasteiger partial charge on any atom is -0.369 e. The Morgan fingerprint density at radius 3 is 2.73 bits per heavy atom. The largest absolute Gasteiger partial charge is 0.369 e. The smallest absolute Gasteiger partial charge is 0.227 e. The molecule has 2 N–H and O–H groups in total. The highest BCUT2D eigenvalue weighted by Crippen LogP contribution is 2.31. The quantitative estimate of drug-likeness (QED) is 0.525. The number of hydrogen-bond donors (Lipinski definition) is 2. The van der Waals surface area contributed by atoms with Gasteiger partial charge in [0.05, 0.1) is 11.6 Å². The number of halogens is 1. The Hall–Kier alpha value is -2.63. The van der Waals surface area contributed by atoms with Crippen molar-refractivity contribution >= 4 is 17.4 Å². The summed E-state index contributed by atoms with van der Waals surface area (Å²) in [6.07, 6.45) is 6.89. The molecule has 1 aromatic carbocycles. The highest BCUT2D eigenvalue weighted by atomic mass is 19.1. The Morgan fingerprint density at radius 1 is 1.27 bits per heavy atom. The second-order valence-electron chi connectivity index (χ2n) is 9.85. The van der Waals surface area contributed by atoms with Gasteiger partial charge in [-0.1, -0.05) is 38.1 Å². The molecule has 4 rings (SSSR count). The van der Waals surface area contributed by atoms with Crippen LogP contribution in [0.15, 0.2) is 36.5 Å². The maximum atomic E-state index is 14.9. The van der Waals surface area contributed by atoms with Gasteiger partial charge in [0.25, 0.3) is 0 Å². The molecular formula is C27H37FN4O. The van der Waals surface area contributed by atoms with Gasteiger partial charge < -0.3 is 15.5 Å². The molecule has 5 nitrogen and oxygen atoms in total. The molecule has 1 amide bonds. The van der Waals surface area contributed by atoms with Gasteiger partial charge in [-0.2, -0.15) is 0 Å². The molecule has 0 bridgehead atoms. The molecule has 1 aliphatic heterocycles. The summed E-state index contributed by atoms with van der Waals surface area (Å²) in [5, 5.41) is 6.22. The number of nitrogens with zero attached hydrogens (tertiary/aromatic N) is 2. The number of aryl methyl sites for hydroxylation is 1. The van der Waals surface area contributed by atoms with E-state index in [-0.39, 0.29) is 17.6 Å². The van der Waals surface area contributed by atoms with E-state index in [0.717, 1.165) is 57.3 Å². The summed E-state index contributed by atoms with van der Waals surface area (Å²) in [5.41, 5.74) is 3.02. The van der Waals surface area contributed by atoms with E-state index in [2.05, 4.69) is 58.6 Å². The van der Waals surface area contributed by atoms with Crippen LogP contribution in [-0.2, 0) is 11.2 Å². The van der Waals surface area contributed by atoms with Crippen molar-refractivity contribution in [3.63, 3.8) is 0 Å². The summed E-state index contributed by atoms with van der Waals surface area (Å²) in [6, 6.07) is 10.6. The molecule has 2 aromatic rings. The predicted octanol–water partition coefficient (Wildman–Crippen LogP) is 5.13. The van der Waals surface area contributed by atoms with Crippen molar-refractivity contribution in [3.8, 4) is 0 Å². The summed E-state index contributed by atoms with van der Waals surface area (Å²) in [7, 11) is 0. The van der Waals surface area contributed by atoms with Gasteiger partial charge in [-0.3, -0.25) is 4.79 Å². The zero-order valence-electron chi connectivity index (χ0n) is 20.1. The number of rotatable bonds is 10. The maximum Gasteiger partial charge on any atom is 0.227 e. The van der Waals surface area contributed by atoms with E-state index >= 15 is 0 Å². The van der Waals surface area contributed by atoms with Crippen LogP contribution >= 0.6 is 0 Å². The van der Waals surface area contributed by atoms with Crippen molar-refractivity contribution in [2.45, 2.75) is 64.8 Å². The van der Waals surface area contributed by atoms with Gasteiger partial charge in [-0.05, 0) is 68.1 Å². The lowest BCUT2D eigenvalue weighted by Crippen LogP contribution is -2.30. The first kappa shape index (κ1) is 23.5. The predicted molar refractivity (Wildman–Crippen MR) is 132 cm³/mol. The molecule has 1 aromatic heterocycles. The van der Waals surface area contributed by atoms with Gasteiger partial charge in [0, 0.05) is 31.9 Å². The molecule has 1 saturated carbocycles.